The van der Waals surface area contributed by atoms with Gasteiger partial charge in [-0.15, -0.1) is 0 Å². The molecule has 0 spiro atoms. The van der Waals surface area contributed by atoms with Crippen molar-refractivity contribution in [1.29, 1.82) is 0 Å². The van der Waals surface area contributed by atoms with Crippen LogP contribution < -0.4 is 31.9 Å². The zero-order valence-corrected chi connectivity index (χ0v) is 73.3. The number of rotatable bonds is 27. The van der Waals surface area contributed by atoms with Crippen LogP contribution in [0.15, 0.2) is 48.6 Å². The summed E-state index contributed by atoms with van der Waals surface area (Å²) in [4.78, 5) is 73.3. The first kappa shape index (κ1) is 99.8. The molecular formula is C90H170N6O6. The summed E-state index contributed by atoms with van der Waals surface area (Å²) in [6, 6.07) is 0. The predicted molar refractivity (Wildman–Crippen MR) is 441 cm³/mol. The van der Waals surface area contributed by atoms with Crippen LogP contribution in [-0.4, -0.2) is 68.7 Å². The van der Waals surface area contributed by atoms with Gasteiger partial charge >= 0.3 is 0 Å². The van der Waals surface area contributed by atoms with E-state index in [1.54, 1.807) is 0 Å². The van der Waals surface area contributed by atoms with Crippen molar-refractivity contribution in [3.8, 4) is 0 Å². The molecule has 8 atom stereocenters. The molecule has 102 heavy (non-hydrogen) atoms. The van der Waals surface area contributed by atoms with E-state index in [1.807, 2.05) is 135 Å². The molecule has 0 aromatic carbocycles. The first-order valence-electron chi connectivity index (χ1n) is 40.6. The fourth-order valence-corrected chi connectivity index (χ4v) is 12.7. The maximum Gasteiger partial charge on any atom is 0.224 e. The minimum Gasteiger partial charge on any atom is -0.351 e. The molecule has 596 valence electrons. The summed E-state index contributed by atoms with van der Waals surface area (Å²) in [7, 11) is 0. The molecule has 0 aromatic rings. The van der Waals surface area contributed by atoms with Crippen molar-refractivity contribution in [3.05, 3.63) is 48.6 Å². The van der Waals surface area contributed by atoms with Gasteiger partial charge in [0.1, 0.15) is 0 Å². The summed E-state index contributed by atoms with van der Waals surface area (Å²) in [6.45, 7) is 70.7. The lowest BCUT2D eigenvalue weighted by atomic mass is 9.77. The van der Waals surface area contributed by atoms with Gasteiger partial charge < -0.3 is 31.9 Å². The Labute approximate surface area is 632 Å². The third-order valence-electron chi connectivity index (χ3n) is 18.4. The number of allylic oxidation sites excluding steroid dienone is 8. The number of carbonyl (C=O) groups excluding carboxylic acids is 6. The molecule has 4 aliphatic carbocycles. The van der Waals surface area contributed by atoms with Gasteiger partial charge in [0.2, 0.25) is 35.4 Å². The molecule has 4 rings (SSSR count). The lowest BCUT2D eigenvalue weighted by Gasteiger charge is -2.32. The molecule has 6 amide bonds. The van der Waals surface area contributed by atoms with Crippen LogP contribution in [0.5, 0.6) is 0 Å². The van der Waals surface area contributed by atoms with E-state index in [0.29, 0.717) is 11.8 Å². The SMILES string of the molecule is C/C=C/CC(C(=O)NC(C)(C)C)C(C)(C)C.C/C=C/CC(C(=O)NC(C)(C)C)C(C)C.C/C=C/CC(CC(C)(C)C)C(=O)NC(C)(C)C.C/C=C/CC(CC1CC1C)C(=O)NC(C)(C)C.CC(C)(C)CC(CCC1CC1)C(=O)NC(C)(C)C.CC(C)(C)NC(=O)C(CCC1CC1)CC1CCCC1. The van der Waals surface area contributed by atoms with E-state index < -0.39 is 0 Å². The van der Waals surface area contributed by atoms with Gasteiger partial charge in [-0.1, -0.05) is 183 Å². The lowest BCUT2D eigenvalue weighted by molar-refractivity contribution is -0.130. The molecule has 0 aliphatic heterocycles. The molecule has 0 radical (unpaired) electrons. The molecule has 0 bridgehead atoms. The first-order valence-corrected chi connectivity index (χ1v) is 40.6. The summed E-state index contributed by atoms with van der Waals surface area (Å²) >= 11 is 0. The predicted octanol–water partition coefficient (Wildman–Crippen LogP) is 22.5. The number of hydrogen-bond acceptors (Lipinski definition) is 6. The Morgan fingerprint density at radius 2 is 0.667 bits per heavy atom. The fourth-order valence-electron chi connectivity index (χ4n) is 12.7. The minimum absolute atomic E-state index is 0.00512. The highest BCUT2D eigenvalue weighted by molar-refractivity contribution is 5.82. The van der Waals surface area contributed by atoms with Crippen molar-refractivity contribution in [3.63, 3.8) is 0 Å². The Kier molecular flexibility index (Phi) is 45.1. The number of hydrogen-bond donors (Lipinski definition) is 6. The Morgan fingerprint density at radius 1 is 0.363 bits per heavy atom. The normalized spacial score (nSPS) is 18.8. The summed E-state index contributed by atoms with van der Waals surface area (Å²) in [5.41, 5.74) is -0.378. The van der Waals surface area contributed by atoms with Gasteiger partial charge in [0.15, 0.2) is 0 Å². The zero-order chi connectivity index (χ0) is 79.6. The van der Waals surface area contributed by atoms with E-state index in [0.717, 1.165) is 93.8 Å². The Morgan fingerprint density at radius 3 is 1.00 bits per heavy atom. The third kappa shape index (κ3) is 57.1. The summed E-state index contributed by atoms with van der Waals surface area (Å²) in [6.07, 6.45) is 40.8. The molecule has 12 heteroatoms. The van der Waals surface area contributed by atoms with E-state index in [4.69, 9.17) is 0 Å². The average Bonchev–Trinajstić information content (AvgIpc) is 1.72. The monoisotopic (exact) mass is 1430 g/mol. The van der Waals surface area contributed by atoms with Crippen LogP contribution in [0.4, 0.5) is 0 Å². The fraction of sp³-hybridized carbons (Fsp3) is 0.844. The van der Waals surface area contributed by atoms with Crippen molar-refractivity contribution in [2.45, 2.75) is 403 Å². The van der Waals surface area contributed by atoms with Crippen LogP contribution in [0.1, 0.15) is 370 Å². The largest absolute Gasteiger partial charge is 0.351 e. The Balaban J connectivity index is 0. The Hall–Kier alpha value is -4.22. The summed E-state index contributed by atoms with van der Waals surface area (Å²) in [5.74, 6) is 6.69. The van der Waals surface area contributed by atoms with E-state index in [-0.39, 0.29) is 115 Å². The zero-order valence-electron chi connectivity index (χ0n) is 73.3. The molecule has 0 heterocycles. The summed E-state index contributed by atoms with van der Waals surface area (Å²) < 4.78 is 0. The van der Waals surface area contributed by atoms with E-state index in [2.05, 4.69) is 181 Å². The van der Waals surface area contributed by atoms with Crippen LogP contribution in [0, 0.1) is 87.3 Å². The second-order valence-electron chi connectivity index (χ2n) is 41.4. The van der Waals surface area contributed by atoms with E-state index >= 15 is 0 Å². The van der Waals surface area contributed by atoms with Gasteiger partial charge in [0, 0.05) is 68.7 Å². The van der Waals surface area contributed by atoms with E-state index in [9.17, 15) is 28.8 Å². The van der Waals surface area contributed by atoms with E-state index in [1.165, 1.54) is 70.6 Å². The molecule has 4 aliphatic rings. The second kappa shape index (κ2) is 46.1. The quantitative estimate of drug-likeness (QED) is 0.0447. The number of amides is 6. The van der Waals surface area contributed by atoms with Crippen LogP contribution in [-0.2, 0) is 28.8 Å². The lowest BCUT2D eigenvalue weighted by Crippen LogP contribution is -2.46. The average molecular weight is 1430 g/mol. The van der Waals surface area contributed by atoms with Crippen LogP contribution >= 0.6 is 0 Å². The standard InChI is InChI=1S/C17H31NO.C16H31NO.C15H27NO.C15H29NO.C14H27NO.C13H25NO/c1-17(2,3)18-16(19)15(11-10-13-8-9-13)12-14-6-4-5-7-14;1-15(2,3)11-13(10-9-12-7-8-12)14(18)17-16(4,5)6;1-6-7-8-12(10-13-9-11(13)2)14(17)16-15(3,4)5;1-8-9-10-12(11-14(2,3)4)13(17)16-15(5,6)7;1-8-9-10-11(13(2,3)4)12(16)15-14(5,6)7;1-7-8-9-11(10(2)3)12(15)14-13(4,5)6/h13-15H,4-12H2,1-3H3,(H,18,19);12-13H,7-11H2,1-6H3,(H,17,18);6-7,11-13H,8-10H2,1-5H3,(H,16,17);8-9,12H,10-11H2,1-7H3,(H,16,17);8-9,11H,10H2,1-7H3,(H,15,16);7-8,10-11H,9H2,1-6H3,(H,14,15)/b;;7-6+;2*9-8+;8-7+. The second-order valence-corrected chi connectivity index (χ2v) is 41.4. The van der Waals surface area contributed by atoms with Crippen LogP contribution in [0.2, 0.25) is 0 Å². The number of nitrogens with one attached hydrogen (secondary N) is 6. The highest BCUT2D eigenvalue weighted by Gasteiger charge is 2.38. The molecule has 4 saturated carbocycles. The van der Waals surface area contributed by atoms with Crippen molar-refractivity contribution in [2.75, 3.05) is 0 Å². The van der Waals surface area contributed by atoms with Crippen molar-refractivity contribution in [1.82, 2.24) is 31.9 Å². The molecule has 0 saturated heterocycles. The molecule has 8 unspecified atom stereocenters. The minimum atomic E-state index is -0.156. The highest BCUT2D eigenvalue weighted by atomic mass is 16.2. The summed E-state index contributed by atoms with van der Waals surface area (Å²) in [5, 5.41) is 18.6. The van der Waals surface area contributed by atoms with Crippen LogP contribution in [0.25, 0.3) is 0 Å². The highest BCUT2D eigenvalue weighted by Crippen LogP contribution is 2.44. The molecule has 4 fully saturated rings. The number of carbonyl (C=O) groups is 6. The van der Waals surface area contributed by atoms with Gasteiger partial charge in [-0.05, 0) is 288 Å². The third-order valence-corrected chi connectivity index (χ3v) is 18.4. The molecule has 12 nitrogen and oxygen atoms in total. The first-order chi connectivity index (χ1) is 46.2. The maximum absolute atomic E-state index is 12.5. The molecule has 0 aromatic heterocycles. The maximum atomic E-state index is 12.5. The molecule has 6 N–H and O–H groups in total. The van der Waals surface area contributed by atoms with Crippen molar-refractivity contribution >= 4 is 35.4 Å². The molecular weight excluding hydrogens is 1260 g/mol. The topological polar surface area (TPSA) is 175 Å². The van der Waals surface area contributed by atoms with Gasteiger partial charge in [-0.2, -0.15) is 0 Å². The van der Waals surface area contributed by atoms with Gasteiger partial charge in [0.05, 0.1) is 0 Å². The van der Waals surface area contributed by atoms with Crippen molar-refractivity contribution in [2.24, 2.45) is 87.3 Å². The Bertz CT molecular complexity index is 2500. The van der Waals surface area contributed by atoms with Gasteiger partial charge in [0.25, 0.3) is 0 Å². The van der Waals surface area contributed by atoms with Crippen LogP contribution in [0.3, 0.4) is 0 Å². The van der Waals surface area contributed by atoms with Gasteiger partial charge in [-0.3, -0.25) is 28.8 Å². The smallest absolute Gasteiger partial charge is 0.224 e. The van der Waals surface area contributed by atoms with Crippen molar-refractivity contribution < 1.29 is 28.8 Å². The van der Waals surface area contributed by atoms with Gasteiger partial charge in [-0.25, -0.2) is 0 Å².